The van der Waals surface area contributed by atoms with Crippen LogP contribution in [0, 0.1) is 0 Å². The van der Waals surface area contributed by atoms with Gasteiger partial charge < -0.3 is 14.2 Å². The van der Waals surface area contributed by atoms with Gasteiger partial charge in [0.1, 0.15) is 10.6 Å². The molecule has 6 nitrogen and oxygen atoms in total. The number of amides is 1. The van der Waals surface area contributed by atoms with Gasteiger partial charge in [0.2, 0.25) is 0 Å². The average molecular weight is 331 g/mol. The van der Waals surface area contributed by atoms with Crippen LogP contribution in [0.3, 0.4) is 0 Å². The number of likely N-dealkylation sites (N-methyl/N-ethyl adjacent to an activating group) is 1. The van der Waals surface area contributed by atoms with Crippen LogP contribution in [0.4, 0.5) is 0 Å². The third kappa shape index (κ3) is 3.14. The van der Waals surface area contributed by atoms with E-state index in [1.807, 2.05) is 0 Å². The Morgan fingerprint density at radius 2 is 2.05 bits per heavy atom. The Hall–Kier alpha value is -1.73. The maximum atomic E-state index is 11.6. The van der Waals surface area contributed by atoms with Gasteiger partial charge in [0.15, 0.2) is 6.61 Å². The van der Waals surface area contributed by atoms with E-state index in [0.29, 0.717) is 16.7 Å². The molecule has 0 radical (unpaired) electrons. The zero-order chi connectivity index (χ0) is 15.8. The summed E-state index contributed by atoms with van der Waals surface area (Å²) in [6, 6.07) is 4.98. The standard InChI is InChI=1S/C13H15ClN2O4S/c1-15(2)12(17)8-20-10-6-4-5-9-11(21(14,18)19)7-16(3)13(9)10/h4-7H,8H2,1-3H3. The molecule has 0 atom stereocenters. The Morgan fingerprint density at radius 1 is 1.38 bits per heavy atom. The van der Waals surface area contributed by atoms with Crippen molar-refractivity contribution >= 4 is 36.5 Å². The van der Waals surface area contributed by atoms with E-state index in [1.54, 1.807) is 43.9 Å². The Balaban J connectivity index is 2.48. The summed E-state index contributed by atoms with van der Waals surface area (Å²) in [5, 5.41) is 0.460. The molecule has 1 aromatic heterocycles. The van der Waals surface area contributed by atoms with Crippen LogP contribution in [0.2, 0.25) is 0 Å². The highest BCUT2D eigenvalue weighted by Crippen LogP contribution is 2.33. The van der Waals surface area contributed by atoms with Crippen LogP contribution >= 0.6 is 10.7 Å². The normalized spacial score (nSPS) is 11.6. The summed E-state index contributed by atoms with van der Waals surface area (Å²) >= 11 is 0. The molecule has 0 aliphatic heterocycles. The highest BCUT2D eigenvalue weighted by atomic mass is 35.7. The lowest BCUT2D eigenvalue weighted by molar-refractivity contribution is -0.130. The predicted octanol–water partition coefficient (Wildman–Crippen LogP) is 1.57. The van der Waals surface area contributed by atoms with Crippen molar-refractivity contribution in [3.8, 4) is 5.75 Å². The minimum Gasteiger partial charge on any atom is -0.482 e. The minimum absolute atomic E-state index is 0.0195. The Bertz CT molecular complexity index is 796. The molecule has 21 heavy (non-hydrogen) atoms. The molecule has 0 saturated carbocycles. The number of carbonyl (C=O) groups is 1. The summed E-state index contributed by atoms with van der Waals surface area (Å²) in [4.78, 5) is 13.0. The number of hydrogen-bond donors (Lipinski definition) is 0. The van der Waals surface area contributed by atoms with Gasteiger partial charge in [0, 0.05) is 43.4 Å². The zero-order valence-electron chi connectivity index (χ0n) is 11.8. The molecule has 0 fully saturated rings. The zero-order valence-corrected chi connectivity index (χ0v) is 13.4. The van der Waals surface area contributed by atoms with Gasteiger partial charge in [-0.3, -0.25) is 4.79 Å². The molecule has 0 N–H and O–H groups in total. The van der Waals surface area contributed by atoms with Crippen LogP contribution in [0.25, 0.3) is 10.9 Å². The quantitative estimate of drug-likeness (QED) is 0.798. The second-order valence-corrected chi connectivity index (χ2v) is 7.31. The second kappa shape index (κ2) is 5.57. The predicted molar refractivity (Wildman–Crippen MR) is 80.1 cm³/mol. The van der Waals surface area contributed by atoms with E-state index in [2.05, 4.69) is 0 Å². The molecule has 2 aromatic rings. The molecule has 0 aliphatic carbocycles. The third-order valence-electron chi connectivity index (χ3n) is 3.04. The average Bonchev–Trinajstić information content (AvgIpc) is 2.74. The molecule has 1 amide bonds. The molecular formula is C13H15ClN2O4S. The third-order valence-corrected chi connectivity index (χ3v) is 4.39. The monoisotopic (exact) mass is 330 g/mol. The maximum absolute atomic E-state index is 11.6. The summed E-state index contributed by atoms with van der Waals surface area (Å²) in [5.41, 5.74) is 0.572. The number of para-hydroxylation sites is 1. The number of halogens is 1. The fraction of sp³-hybridized carbons (Fsp3) is 0.308. The fourth-order valence-electron chi connectivity index (χ4n) is 1.97. The summed E-state index contributed by atoms with van der Waals surface area (Å²) < 4.78 is 30.3. The van der Waals surface area contributed by atoms with Crippen LogP contribution < -0.4 is 4.74 Å². The van der Waals surface area contributed by atoms with Gasteiger partial charge in [-0.15, -0.1) is 0 Å². The van der Waals surface area contributed by atoms with E-state index in [0.717, 1.165) is 0 Å². The lowest BCUT2D eigenvalue weighted by Crippen LogP contribution is -2.27. The molecule has 114 valence electrons. The van der Waals surface area contributed by atoms with Crippen LogP contribution in [0.15, 0.2) is 29.3 Å². The topological polar surface area (TPSA) is 68.6 Å². The fourth-order valence-corrected chi connectivity index (χ4v) is 3.05. The number of benzene rings is 1. The van der Waals surface area contributed by atoms with Crippen molar-refractivity contribution in [1.82, 2.24) is 9.47 Å². The first-order valence-corrected chi connectivity index (χ1v) is 8.38. The highest BCUT2D eigenvalue weighted by molar-refractivity contribution is 8.14. The van der Waals surface area contributed by atoms with Crippen molar-refractivity contribution in [3.63, 3.8) is 0 Å². The van der Waals surface area contributed by atoms with Gasteiger partial charge in [0.05, 0.1) is 5.52 Å². The molecule has 1 aromatic carbocycles. The Kier molecular flexibility index (Phi) is 4.15. The van der Waals surface area contributed by atoms with Crippen molar-refractivity contribution in [2.45, 2.75) is 4.90 Å². The van der Waals surface area contributed by atoms with Gasteiger partial charge in [-0.2, -0.15) is 0 Å². The molecule has 0 spiro atoms. The first-order valence-electron chi connectivity index (χ1n) is 6.07. The van der Waals surface area contributed by atoms with E-state index in [4.69, 9.17) is 15.4 Å². The van der Waals surface area contributed by atoms with Crippen LogP contribution in [0.5, 0.6) is 5.75 Å². The first kappa shape index (κ1) is 15.7. The summed E-state index contributed by atoms with van der Waals surface area (Å²) in [6.07, 6.45) is 1.42. The Labute approximate surface area is 127 Å². The molecule has 0 aliphatic rings. The van der Waals surface area contributed by atoms with Gasteiger partial charge in [-0.05, 0) is 6.07 Å². The second-order valence-electron chi connectivity index (χ2n) is 4.77. The minimum atomic E-state index is -3.85. The van der Waals surface area contributed by atoms with E-state index in [-0.39, 0.29) is 17.4 Å². The van der Waals surface area contributed by atoms with Crippen molar-refractivity contribution in [3.05, 3.63) is 24.4 Å². The SMILES string of the molecule is CN(C)C(=O)COc1cccc2c(S(=O)(=O)Cl)cn(C)c12. The lowest BCUT2D eigenvalue weighted by Gasteiger charge is -2.12. The van der Waals surface area contributed by atoms with Crippen LogP contribution in [0.1, 0.15) is 0 Å². The van der Waals surface area contributed by atoms with Crippen molar-refractivity contribution in [2.24, 2.45) is 7.05 Å². The molecule has 8 heteroatoms. The molecule has 0 unspecified atom stereocenters. The smallest absolute Gasteiger partial charge is 0.263 e. The van der Waals surface area contributed by atoms with Crippen molar-refractivity contribution < 1.29 is 17.9 Å². The van der Waals surface area contributed by atoms with Crippen molar-refractivity contribution in [2.75, 3.05) is 20.7 Å². The number of aryl methyl sites for hydroxylation is 1. The number of aromatic nitrogens is 1. The first-order chi connectivity index (χ1) is 9.71. The largest absolute Gasteiger partial charge is 0.482 e. The number of fused-ring (bicyclic) bond motifs is 1. The summed E-state index contributed by atoms with van der Waals surface area (Å²) in [5.74, 6) is 0.239. The van der Waals surface area contributed by atoms with Gasteiger partial charge >= 0.3 is 0 Å². The van der Waals surface area contributed by atoms with Gasteiger partial charge in [0.25, 0.3) is 15.0 Å². The maximum Gasteiger partial charge on any atom is 0.263 e. The van der Waals surface area contributed by atoms with Crippen LogP contribution in [-0.2, 0) is 20.9 Å². The molecule has 0 saturated heterocycles. The Morgan fingerprint density at radius 3 is 2.62 bits per heavy atom. The molecule has 1 heterocycles. The van der Waals surface area contributed by atoms with E-state index in [9.17, 15) is 13.2 Å². The summed E-state index contributed by atoms with van der Waals surface area (Å²) in [7, 11) is 6.53. The van der Waals surface area contributed by atoms with E-state index in [1.165, 1.54) is 11.1 Å². The van der Waals surface area contributed by atoms with Crippen molar-refractivity contribution in [1.29, 1.82) is 0 Å². The van der Waals surface area contributed by atoms with Gasteiger partial charge in [-0.1, -0.05) is 12.1 Å². The highest BCUT2D eigenvalue weighted by Gasteiger charge is 2.20. The molecule has 2 rings (SSSR count). The molecule has 0 bridgehead atoms. The van der Waals surface area contributed by atoms with Gasteiger partial charge in [-0.25, -0.2) is 8.42 Å². The van der Waals surface area contributed by atoms with Crippen LogP contribution in [-0.4, -0.2) is 44.5 Å². The number of rotatable bonds is 4. The number of carbonyl (C=O) groups excluding carboxylic acids is 1. The van der Waals surface area contributed by atoms with E-state index < -0.39 is 9.05 Å². The van der Waals surface area contributed by atoms with E-state index >= 15 is 0 Å². The lowest BCUT2D eigenvalue weighted by atomic mass is 10.2. The number of hydrogen-bond acceptors (Lipinski definition) is 4. The summed E-state index contributed by atoms with van der Waals surface area (Å²) in [6.45, 7) is -0.125. The molecular weight excluding hydrogens is 316 g/mol. The number of nitrogens with zero attached hydrogens (tertiary/aromatic N) is 2. The number of ether oxygens (including phenoxy) is 1.